The van der Waals surface area contributed by atoms with Crippen molar-refractivity contribution >= 4 is 46.6 Å². The van der Waals surface area contributed by atoms with Crippen molar-refractivity contribution in [2.75, 3.05) is 6.61 Å². The van der Waals surface area contributed by atoms with Gasteiger partial charge in [-0.1, -0.05) is 70.9 Å². The van der Waals surface area contributed by atoms with E-state index in [0.717, 1.165) is 11.3 Å². The van der Waals surface area contributed by atoms with Gasteiger partial charge >= 0.3 is 5.97 Å². The summed E-state index contributed by atoms with van der Waals surface area (Å²) < 4.78 is 27.2. The van der Waals surface area contributed by atoms with Gasteiger partial charge in [0.15, 0.2) is 4.80 Å². The Hall–Kier alpha value is -3.72. The lowest BCUT2D eigenvalue weighted by atomic mass is 9.96. The first kappa shape index (κ1) is 27.8. The normalized spacial score (nSPS) is 15.0. The van der Waals surface area contributed by atoms with E-state index in [2.05, 4.69) is 4.99 Å². The zero-order chi connectivity index (χ0) is 28.4. The average Bonchev–Trinajstić information content (AvgIpc) is 3.23. The molecule has 2 heterocycles. The molecule has 0 unspecified atom stereocenters. The van der Waals surface area contributed by atoms with Crippen LogP contribution in [0.15, 0.2) is 87.8 Å². The van der Waals surface area contributed by atoms with E-state index in [9.17, 15) is 14.0 Å². The first-order chi connectivity index (χ1) is 19.3. The molecule has 204 valence electrons. The lowest BCUT2D eigenvalue weighted by Gasteiger charge is -2.25. The number of thiazole rings is 1. The van der Waals surface area contributed by atoms with E-state index < -0.39 is 12.0 Å². The van der Waals surface area contributed by atoms with Crippen molar-refractivity contribution in [2.24, 2.45) is 4.99 Å². The number of rotatable bonds is 7. The molecule has 1 aliphatic rings. The Bertz CT molecular complexity index is 1830. The Morgan fingerprint density at radius 1 is 1.12 bits per heavy atom. The molecule has 5 rings (SSSR count). The predicted octanol–water partition coefficient (Wildman–Crippen LogP) is 5.82. The van der Waals surface area contributed by atoms with Gasteiger partial charge in [0.25, 0.3) is 5.56 Å². The maximum Gasteiger partial charge on any atom is 0.338 e. The van der Waals surface area contributed by atoms with Gasteiger partial charge in [-0.2, -0.15) is 0 Å². The number of halogens is 3. The minimum absolute atomic E-state index is 0.00893. The fourth-order valence-corrected chi connectivity index (χ4v) is 5.92. The zero-order valence-electron chi connectivity index (χ0n) is 21.5. The third kappa shape index (κ3) is 5.47. The minimum atomic E-state index is -0.831. The number of carbonyl (C=O) groups is 1. The molecule has 40 heavy (non-hydrogen) atoms. The maximum atomic E-state index is 14.2. The van der Waals surface area contributed by atoms with Gasteiger partial charge in [-0.05, 0) is 55.8 Å². The number of allylic oxidation sites excluding steroid dienone is 1. The number of esters is 1. The maximum absolute atomic E-state index is 14.2. The number of carbonyl (C=O) groups excluding carboxylic acids is 1. The lowest BCUT2D eigenvalue weighted by molar-refractivity contribution is -0.139. The second-order valence-corrected chi connectivity index (χ2v) is 10.7. The van der Waals surface area contributed by atoms with Gasteiger partial charge in [-0.3, -0.25) is 9.36 Å². The van der Waals surface area contributed by atoms with E-state index >= 15 is 0 Å². The molecule has 0 amide bonds. The molecule has 0 bridgehead atoms. The van der Waals surface area contributed by atoms with Crippen molar-refractivity contribution in [3.05, 3.63) is 130 Å². The standard InChI is InChI=1S/C30H23Cl2FN2O4S/c1-3-38-29(37)26-17(2)34-30-35(27(26)21-9-5-6-10-22(21)32)28(36)25(40-30)15-19-14-20(31)12-13-24(19)39-16-18-8-4-7-11-23(18)33/h4-15,27H,3,16H2,1-2H3/b25-15-/t27-/m1/s1. The predicted molar refractivity (Wildman–Crippen MR) is 154 cm³/mol. The fraction of sp³-hybridized carbons (Fsp3) is 0.167. The summed E-state index contributed by atoms with van der Waals surface area (Å²) >= 11 is 14.0. The first-order valence-corrected chi connectivity index (χ1v) is 14.0. The largest absolute Gasteiger partial charge is 0.488 e. The van der Waals surface area contributed by atoms with E-state index in [0.29, 0.717) is 47.5 Å². The molecule has 10 heteroatoms. The van der Waals surface area contributed by atoms with Gasteiger partial charge < -0.3 is 9.47 Å². The summed E-state index contributed by atoms with van der Waals surface area (Å²) in [5, 5.41) is 0.837. The molecule has 0 saturated heterocycles. The van der Waals surface area contributed by atoms with Crippen molar-refractivity contribution in [1.82, 2.24) is 4.57 Å². The van der Waals surface area contributed by atoms with Gasteiger partial charge in [0.1, 0.15) is 24.2 Å². The Labute approximate surface area is 243 Å². The Balaban J connectivity index is 1.64. The highest BCUT2D eigenvalue weighted by Gasteiger charge is 2.34. The third-order valence-corrected chi connectivity index (χ3v) is 7.88. The minimum Gasteiger partial charge on any atom is -0.488 e. The van der Waals surface area contributed by atoms with Crippen LogP contribution in [0.3, 0.4) is 0 Å². The van der Waals surface area contributed by atoms with Crippen molar-refractivity contribution in [3.63, 3.8) is 0 Å². The third-order valence-electron chi connectivity index (χ3n) is 6.32. The van der Waals surface area contributed by atoms with Crippen LogP contribution >= 0.6 is 34.5 Å². The Morgan fingerprint density at radius 3 is 2.62 bits per heavy atom. The number of aromatic nitrogens is 1. The molecule has 0 aliphatic carbocycles. The van der Waals surface area contributed by atoms with Crippen LogP contribution in [0.25, 0.3) is 6.08 Å². The van der Waals surface area contributed by atoms with Crippen LogP contribution in [0.5, 0.6) is 5.75 Å². The van der Waals surface area contributed by atoms with Crippen LogP contribution in [0.2, 0.25) is 10.0 Å². The molecule has 4 aromatic rings. The van der Waals surface area contributed by atoms with Gasteiger partial charge in [-0.15, -0.1) is 0 Å². The summed E-state index contributed by atoms with van der Waals surface area (Å²) in [4.78, 5) is 32.0. The molecule has 1 aromatic heterocycles. The number of nitrogens with zero attached hydrogens (tertiary/aromatic N) is 2. The van der Waals surface area contributed by atoms with Crippen molar-refractivity contribution in [2.45, 2.75) is 26.5 Å². The fourth-order valence-electron chi connectivity index (χ4n) is 4.46. The molecule has 1 atom stereocenters. The molecule has 0 saturated carbocycles. The number of fused-ring (bicyclic) bond motifs is 1. The van der Waals surface area contributed by atoms with Gasteiger partial charge in [0.2, 0.25) is 0 Å². The highest BCUT2D eigenvalue weighted by molar-refractivity contribution is 7.07. The SMILES string of the molecule is CCOC(=O)C1=C(C)N=c2s/c(=C\c3cc(Cl)ccc3OCc3ccccc3F)c(=O)n2[C@@H]1c1ccccc1Cl. The lowest BCUT2D eigenvalue weighted by Crippen LogP contribution is -2.40. The quantitative estimate of drug-likeness (QED) is 0.252. The molecule has 6 nitrogen and oxygen atoms in total. The summed E-state index contributed by atoms with van der Waals surface area (Å²) in [6.45, 7) is 3.58. The number of hydrogen-bond acceptors (Lipinski definition) is 6. The van der Waals surface area contributed by atoms with Crippen LogP contribution in [0.1, 0.15) is 36.6 Å². The Kier molecular flexibility index (Phi) is 8.21. The topological polar surface area (TPSA) is 69.9 Å². The molecular formula is C30H23Cl2FN2O4S. The van der Waals surface area contributed by atoms with Crippen LogP contribution in [0.4, 0.5) is 4.39 Å². The second-order valence-electron chi connectivity index (χ2n) is 8.89. The summed E-state index contributed by atoms with van der Waals surface area (Å²) in [5.74, 6) is -0.523. The molecule has 0 N–H and O–H groups in total. The number of benzene rings is 3. The first-order valence-electron chi connectivity index (χ1n) is 12.4. The molecule has 1 aliphatic heterocycles. The van der Waals surface area contributed by atoms with Gasteiger partial charge in [-0.25, -0.2) is 14.2 Å². The highest BCUT2D eigenvalue weighted by Crippen LogP contribution is 2.34. The monoisotopic (exact) mass is 596 g/mol. The van der Waals surface area contributed by atoms with Crippen LogP contribution in [-0.2, 0) is 16.1 Å². The average molecular weight is 597 g/mol. The summed E-state index contributed by atoms with van der Waals surface area (Å²) in [6, 6.07) is 17.5. The summed E-state index contributed by atoms with van der Waals surface area (Å²) in [6.07, 6.45) is 1.65. The van der Waals surface area contributed by atoms with Gasteiger partial charge in [0.05, 0.1) is 22.4 Å². The van der Waals surface area contributed by atoms with E-state index in [1.807, 2.05) is 0 Å². The number of ether oxygens (including phenoxy) is 2. The van der Waals surface area contributed by atoms with Crippen LogP contribution in [-0.4, -0.2) is 17.1 Å². The van der Waals surface area contributed by atoms with Crippen LogP contribution < -0.4 is 19.6 Å². The summed E-state index contributed by atoms with van der Waals surface area (Å²) in [5.41, 5.74) is 1.81. The van der Waals surface area contributed by atoms with Crippen LogP contribution in [0, 0.1) is 5.82 Å². The van der Waals surface area contributed by atoms with E-state index in [1.54, 1.807) is 80.6 Å². The number of hydrogen-bond donors (Lipinski definition) is 0. The van der Waals surface area contributed by atoms with E-state index in [-0.39, 0.29) is 30.2 Å². The smallest absolute Gasteiger partial charge is 0.338 e. The van der Waals surface area contributed by atoms with Crippen molar-refractivity contribution in [3.8, 4) is 5.75 Å². The molecule has 3 aromatic carbocycles. The molecular weight excluding hydrogens is 574 g/mol. The van der Waals surface area contributed by atoms with E-state index in [4.69, 9.17) is 32.7 Å². The second kappa shape index (κ2) is 11.8. The molecule has 0 radical (unpaired) electrons. The zero-order valence-corrected chi connectivity index (χ0v) is 23.8. The van der Waals surface area contributed by atoms with E-state index in [1.165, 1.54) is 10.6 Å². The highest BCUT2D eigenvalue weighted by atomic mass is 35.5. The molecule has 0 fully saturated rings. The van der Waals surface area contributed by atoms with Gasteiger partial charge in [0, 0.05) is 21.2 Å². The molecule has 0 spiro atoms. The van der Waals surface area contributed by atoms with Crippen molar-refractivity contribution < 1.29 is 18.7 Å². The van der Waals surface area contributed by atoms with Crippen molar-refractivity contribution in [1.29, 1.82) is 0 Å². The summed E-state index contributed by atoms with van der Waals surface area (Å²) in [7, 11) is 0. The Morgan fingerprint density at radius 2 is 1.88 bits per heavy atom.